The van der Waals surface area contributed by atoms with Crippen LogP contribution in [-0.4, -0.2) is 16.8 Å². The van der Waals surface area contributed by atoms with Crippen molar-refractivity contribution < 1.29 is 22.8 Å². The summed E-state index contributed by atoms with van der Waals surface area (Å²) in [6.07, 6.45) is 0.443. The van der Waals surface area contributed by atoms with Crippen molar-refractivity contribution in [3.8, 4) is 11.1 Å². The summed E-state index contributed by atoms with van der Waals surface area (Å²) in [6, 6.07) is 10.3. The van der Waals surface area contributed by atoms with Crippen molar-refractivity contribution in [2.75, 3.05) is 4.90 Å². The van der Waals surface area contributed by atoms with Crippen LogP contribution in [0.2, 0.25) is 0 Å². The second-order valence-electron chi connectivity index (χ2n) is 8.23. The number of alkyl halides is 3. The molecule has 0 radical (unpaired) electrons. The Kier molecular flexibility index (Phi) is 3.78. The van der Waals surface area contributed by atoms with Gasteiger partial charge in [0, 0.05) is 0 Å². The van der Waals surface area contributed by atoms with Crippen molar-refractivity contribution in [3.05, 3.63) is 60.2 Å². The van der Waals surface area contributed by atoms with Gasteiger partial charge in [0.1, 0.15) is 0 Å². The molecule has 31 heavy (non-hydrogen) atoms. The number of rotatable bonds is 2. The highest BCUT2D eigenvalue weighted by Crippen LogP contribution is 2.53. The Hall–Kier alpha value is -3.00. The van der Waals surface area contributed by atoms with E-state index < -0.39 is 11.7 Å². The van der Waals surface area contributed by atoms with Crippen LogP contribution in [0.25, 0.3) is 21.3 Å². The van der Waals surface area contributed by atoms with Gasteiger partial charge in [-0.2, -0.15) is 13.2 Å². The fourth-order valence-corrected chi connectivity index (χ4v) is 6.26. The molecule has 0 spiro atoms. The molecule has 1 aromatic heterocycles. The topological polar surface area (TPSA) is 50.3 Å². The van der Waals surface area contributed by atoms with Gasteiger partial charge in [-0.15, -0.1) is 0 Å². The highest BCUT2D eigenvalue weighted by Gasteiger charge is 2.60. The summed E-state index contributed by atoms with van der Waals surface area (Å²) in [4.78, 5) is 31.7. The number of nitrogens with zero attached hydrogens (tertiary/aromatic N) is 2. The first-order valence-corrected chi connectivity index (χ1v) is 10.8. The van der Waals surface area contributed by atoms with Gasteiger partial charge in [0.2, 0.25) is 11.8 Å². The Labute approximate surface area is 179 Å². The van der Waals surface area contributed by atoms with Crippen molar-refractivity contribution in [2.45, 2.75) is 12.6 Å². The lowest BCUT2D eigenvalue weighted by atomic mass is 9.85. The van der Waals surface area contributed by atoms with Crippen LogP contribution in [0.4, 0.5) is 18.3 Å². The fraction of sp³-hybridized carbons (Fsp3) is 0.261. The van der Waals surface area contributed by atoms with Crippen molar-refractivity contribution >= 4 is 38.5 Å². The van der Waals surface area contributed by atoms with Gasteiger partial charge in [-0.1, -0.05) is 47.8 Å². The summed E-state index contributed by atoms with van der Waals surface area (Å²) in [6.45, 7) is 0. The molecule has 6 rings (SSSR count). The first-order chi connectivity index (χ1) is 14.8. The third-order valence-electron chi connectivity index (χ3n) is 6.58. The van der Waals surface area contributed by atoms with Gasteiger partial charge in [-0.05, 0) is 47.6 Å². The Morgan fingerprint density at radius 2 is 1.65 bits per heavy atom. The number of benzene rings is 2. The van der Waals surface area contributed by atoms with Crippen molar-refractivity contribution in [1.29, 1.82) is 0 Å². The van der Waals surface area contributed by atoms with Crippen LogP contribution in [0, 0.1) is 23.7 Å². The van der Waals surface area contributed by atoms with Crippen molar-refractivity contribution in [1.82, 2.24) is 4.98 Å². The third kappa shape index (κ3) is 2.64. The summed E-state index contributed by atoms with van der Waals surface area (Å²) in [5.41, 5.74) is 0.331. The number of carbonyl (C=O) groups excluding carboxylic acids is 2. The number of anilines is 1. The monoisotopic (exact) mass is 440 g/mol. The van der Waals surface area contributed by atoms with Crippen LogP contribution >= 0.6 is 11.3 Å². The molecule has 4 nitrogen and oxygen atoms in total. The van der Waals surface area contributed by atoms with E-state index in [1.807, 2.05) is 12.2 Å². The number of fused-ring (bicyclic) bond motifs is 6. The number of imide groups is 1. The van der Waals surface area contributed by atoms with Crippen LogP contribution in [0.3, 0.4) is 0 Å². The second kappa shape index (κ2) is 6.26. The second-order valence-corrected chi connectivity index (χ2v) is 9.24. The summed E-state index contributed by atoms with van der Waals surface area (Å²) >= 11 is 1.16. The molecule has 2 heterocycles. The Morgan fingerprint density at radius 3 is 2.32 bits per heavy atom. The number of aromatic nitrogens is 1. The highest BCUT2D eigenvalue weighted by atomic mass is 32.1. The number of halogens is 3. The van der Waals surface area contributed by atoms with E-state index in [1.54, 1.807) is 24.3 Å². The molecule has 1 saturated carbocycles. The van der Waals surface area contributed by atoms with Gasteiger partial charge < -0.3 is 0 Å². The average molecular weight is 440 g/mol. The molecule has 156 valence electrons. The number of hydrogen-bond acceptors (Lipinski definition) is 4. The lowest BCUT2D eigenvalue weighted by Crippen LogP contribution is -2.32. The van der Waals surface area contributed by atoms with Crippen LogP contribution in [-0.2, 0) is 15.8 Å². The number of allylic oxidation sites excluding steroid dienone is 2. The van der Waals surface area contributed by atoms with Gasteiger partial charge >= 0.3 is 6.18 Å². The Balaban J connectivity index is 1.40. The van der Waals surface area contributed by atoms with E-state index in [0.29, 0.717) is 20.9 Å². The van der Waals surface area contributed by atoms with E-state index >= 15 is 0 Å². The zero-order chi connectivity index (χ0) is 21.5. The van der Waals surface area contributed by atoms with Gasteiger partial charge in [0.25, 0.3) is 0 Å². The molecule has 4 atom stereocenters. The summed E-state index contributed by atoms with van der Waals surface area (Å²) in [5, 5.41) is 0.292. The molecule has 0 N–H and O–H groups in total. The minimum Gasteiger partial charge on any atom is -0.274 e. The molecule has 2 unspecified atom stereocenters. The van der Waals surface area contributed by atoms with E-state index in [4.69, 9.17) is 0 Å². The number of amides is 2. The predicted molar refractivity (Wildman–Crippen MR) is 110 cm³/mol. The van der Waals surface area contributed by atoms with Gasteiger partial charge in [-0.3, -0.25) is 9.59 Å². The standard InChI is InChI=1S/C23H15F3N2O2S/c24-23(25,26)15-4-2-1-3-14(15)11-7-8-16-17(10-11)31-22(27-16)28-20(29)18-12-5-6-13(9-12)19(18)21(28)30/h1-8,10,12-13,18-19H,9H2/t12?,13?,18-,19+. The number of thiazole rings is 1. The van der Waals surface area contributed by atoms with Crippen LogP contribution in [0.5, 0.6) is 0 Å². The largest absolute Gasteiger partial charge is 0.417 e. The predicted octanol–water partition coefficient (Wildman–Crippen LogP) is 5.29. The van der Waals surface area contributed by atoms with Crippen LogP contribution in [0.1, 0.15) is 12.0 Å². The van der Waals surface area contributed by atoms with Gasteiger partial charge in [0.05, 0.1) is 27.6 Å². The molecule has 3 aliphatic rings. The highest BCUT2D eigenvalue weighted by molar-refractivity contribution is 7.22. The lowest BCUT2D eigenvalue weighted by Gasteiger charge is -2.14. The molecule has 2 fully saturated rings. The first kappa shape index (κ1) is 18.7. The fourth-order valence-electron chi connectivity index (χ4n) is 5.25. The molecule has 3 aromatic rings. The maximum Gasteiger partial charge on any atom is 0.417 e. The quantitative estimate of drug-likeness (QED) is 0.402. The molecule has 1 aliphatic heterocycles. The SMILES string of the molecule is O=C1[C@@H]2C3C=CC(C3)[C@@H]2C(=O)N1c1nc2ccc(-c3ccccc3C(F)(F)F)cc2s1. The maximum atomic E-state index is 13.4. The van der Waals surface area contributed by atoms with Crippen LogP contribution < -0.4 is 4.90 Å². The average Bonchev–Trinajstić information content (AvgIpc) is 3.49. The molecule has 2 aliphatic carbocycles. The normalized spacial score (nSPS) is 27.0. The summed E-state index contributed by atoms with van der Waals surface area (Å²) < 4.78 is 40.9. The Bertz CT molecular complexity index is 1270. The number of hydrogen-bond donors (Lipinski definition) is 0. The molecule has 1 saturated heterocycles. The zero-order valence-corrected chi connectivity index (χ0v) is 16.8. The molecular weight excluding hydrogens is 425 g/mol. The molecule has 2 amide bonds. The van der Waals surface area contributed by atoms with Gasteiger partial charge in [0.15, 0.2) is 5.13 Å². The van der Waals surface area contributed by atoms with Crippen LogP contribution in [0.15, 0.2) is 54.6 Å². The Morgan fingerprint density at radius 1 is 0.968 bits per heavy atom. The molecule has 8 heteroatoms. The first-order valence-electron chi connectivity index (χ1n) is 9.96. The van der Waals surface area contributed by atoms with Gasteiger partial charge in [-0.25, -0.2) is 9.88 Å². The van der Waals surface area contributed by atoms with Crippen molar-refractivity contribution in [2.24, 2.45) is 23.7 Å². The summed E-state index contributed by atoms with van der Waals surface area (Å²) in [5.74, 6) is -0.845. The van der Waals surface area contributed by atoms with E-state index in [9.17, 15) is 22.8 Å². The smallest absolute Gasteiger partial charge is 0.274 e. The molecule has 2 bridgehead atoms. The minimum atomic E-state index is -4.47. The van der Waals surface area contributed by atoms with Crippen molar-refractivity contribution in [3.63, 3.8) is 0 Å². The molecular formula is C23H15F3N2O2S. The zero-order valence-electron chi connectivity index (χ0n) is 16.0. The van der Waals surface area contributed by atoms with E-state index in [0.717, 1.165) is 23.8 Å². The van der Waals surface area contributed by atoms with E-state index in [-0.39, 0.29) is 41.0 Å². The minimum absolute atomic E-state index is 0.0809. The third-order valence-corrected chi connectivity index (χ3v) is 7.59. The van der Waals surface area contributed by atoms with E-state index in [1.165, 1.54) is 17.0 Å². The van der Waals surface area contributed by atoms with E-state index in [2.05, 4.69) is 4.98 Å². The summed E-state index contributed by atoms with van der Waals surface area (Å²) in [7, 11) is 0. The molecule has 2 aromatic carbocycles. The maximum absolute atomic E-state index is 13.4. The lowest BCUT2D eigenvalue weighted by molar-refractivity contribution is -0.137. The number of carbonyl (C=O) groups is 2.